The molecule has 0 saturated carbocycles. The van der Waals surface area contributed by atoms with Gasteiger partial charge in [-0.25, -0.2) is 0 Å². The molecular formula is C11H13N3O3. The van der Waals surface area contributed by atoms with Crippen LogP contribution in [-0.4, -0.2) is 16.4 Å². The zero-order valence-corrected chi connectivity index (χ0v) is 9.40. The van der Waals surface area contributed by atoms with E-state index < -0.39 is 11.8 Å². The first kappa shape index (κ1) is 11.4. The van der Waals surface area contributed by atoms with Crippen LogP contribution >= 0.6 is 0 Å². The summed E-state index contributed by atoms with van der Waals surface area (Å²) in [5.74, 6) is -1.31. The Labute approximate surface area is 97.4 Å². The summed E-state index contributed by atoms with van der Waals surface area (Å²) in [6.07, 6.45) is 2.09. The number of imide groups is 1. The second-order valence-electron chi connectivity index (χ2n) is 4.15. The van der Waals surface area contributed by atoms with E-state index >= 15 is 0 Å². The maximum atomic E-state index is 11.9. The molecule has 0 bridgehead atoms. The Balaban J connectivity index is 2.44. The van der Waals surface area contributed by atoms with E-state index in [1.165, 1.54) is 16.8 Å². The van der Waals surface area contributed by atoms with E-state index in [1.54, 1.807) is 7.05 Å². The van der Waals surface area contributed by atoms with Crippen LogP contribution in [0.3, 0.4) is 0 Å². The molecule has 0 aliphatic carbocycles. The number of aryl methyl sites for hydroxylation is 1. The van der Waals surface area contributed by atoms with Crippen LogP contribution in [0.15, 0.2) is 17.1 Å². The molecule has 0 aromatic carbocycles. The number of nitrogens with one attached hydrogen (secondary N) is 1. The number of rotatable bonds is 1. The lowest BCUT2D eigenvalue weighted by molar-refractivity contribution is -0.134. The van der Waals surface area contributed by atoms with Crippen LogP contribution in [0.2, 0.25) is 0 Å². The standard InChI is InChI=1S/C11H13N3O3/c1-14-5-6(12)4-8(11(14)17)7-2-3-9(15)13-10(7)16/h4-5,7H,2-3,12H2,1H3,(H,13,15,16). The third-order valence-corrected chi connectivity index (χ3v) is 2.85. The Kier molecular flexibility index (Phi) is 2.71. The summed E-state index contributed by atoms with van der Waals surface area (Å²) in [4.78, 5) is 34.6. The maximum absolute atomic E-state index is 11.9. The number of piperidine rings is 1. The molecule has 90 valence electrons. The van der Waals surface area contributed by atoms with Gasteiger partial charge in [0.05, 0.1) is 5.92 Å². The van der Waals surface area contributed by atoms with Gasteiger partial charge in [-0.05, 0) is 12.5 Å². The van der Waals surface area contributed by atoms with Crippen molar-refractivity contribution in [2.24, 2.45) is 7.05 Å². The van der Waals surface area contributed by atoms with Gasteiger partial charge in [-0.3, -0.25) is 19.7 Å². The molecule has 1 saturated heterocycles. The number of aromatic nitrogens is 1. The predicted molar refractivity (Wildman–Crippen MR) is 61.2 cm³/mol. The number of pyridine rings is 1. The number of nitrogens with zero attached hydrogens (tertiary/aromatic N) is 1. The molecule has 0 spiro atoms. The van der Waals surface area contributed by atoms with Gasteiger partial charge in [-0.1, -0.05) is 0 Å². The Morgan fingerprint density at radius 3 is 2.76 bits per heavy atom. The molecule has 0 radical (unpaired) electrons. The van der Waals surface area contributed by atoms with Crippen molar-refractivity contribution in [3.05, 3.63) is 28.2 Å². The molecule has 1 aliphatic rings. The number of carbonyl (C=O) groups excluding carboxylic acids is 2. The summed E-state index contributed by atoms with van der Waals surface area (Å²) in [7, 11) is 1.58. The van der Waals surface area contributed by atoms with Crippen LogP contribution in [0, 0.1) is 0 Å². The zero-order valence-electron chi connectivity index (χ0n) is 9.40. The lowest BCUT2D eigenvalue weighted by Gasteiger charge is -2.21. The van der Waals surface area contributed by atoms with Crippen molar-refractivity contribution in [1.82, 2.24) is 9.88 Å². The molecule has 1 unspecified atom stereocenters. The van der Waals surface area contributed by atoms with Gasteiger partial charge in [0.25, 0.3) is 5.56 Å². The SMILES string of the molecule is Cn1cc(N)cc(C2CCC(=O)NC2=O)c1=O. The first-order chi connectivity index (χ1) is 7.99. The highest BCUT2D eigenvalue weighted by Crippen LogP contribution is 2.23. The van der Waals surface area contributed by atoms with E-state index in [0.29, 0.717) is 17.7 Å². The topological polar surface area (TPSA) is 94.2 Å². The normalized spacial score (nSPS) is 20.2. The van der Waals surface area contributed by atoms with E-state index in [9.17, 15) is 14.4 Å². The molecule has 3 N–H and O–H groups in total. The third-order valence-electron chi connectivity index (χ3n) is 2.85. The molecule has 1 aromatic rings. The van der Waals surface area contributed by atoms with Gasteiger partial charge < -0.3 is 10.3 Å². The van der Waals surface area contributed by atoms with Gasteiger partial charge in [0.2, 0.25) is 11.8 Å². The second kappa shape index (κ2) is 4.04. The van der Waals surface area contributed by atoms with Crippen LogP contribution in [0.25, 0.3) is 0 Å². The van der Waals surface area contributed by atoms with Gasteiger partial charge in [0, 0.05) is 30.9 Å². The minimum absolute atomic E-state index is 0.244. The van der Waals surface area contributed by atoms with Crippen LogP contribution in [-0.2, 0) is 16.6 Å². The molecule has 6 nitrogen and oxygen atoms in total. The highest BCUT2D eigenvalue weighted by Gasteiger charge is 2.30. The number of hydrogen-bond acceptors (Lipinski definition) is 4. The van der Waals surface area contributed by atoms with Crippen molar-refractivity contribution in [3.63, 3.8) is 0 Å². The van der Waals surface area contributed by atoms with Crippen LogP contribution in [0.5, 0.6) is 0 Å². The van der Waals surface area contributed by atoms with Gasteiger partial charge >= 0.3 is 0 Å². The molecule has 6 heteroatoms. The minimum atomic E-state index is -0.588. The lowest BCUT2D eigenvalue weighted by atomic mass is 9.91. The van der Waals surface area contributed by atoms with E-state index in [4.69, 9.17) is 5.73 Å². The molecule has 2 heterocycles. The maximum Gasteiger partial charge on any atom is 0.254 e. The summed E-state index contributed by atoms with van der Waals surface area (Å²) in [6, 6.07) is 1.50. The van der Waals surface area contributed by atoms with Gasteiger partial charge in [0.15, 0.2) is 0 Å². The van der Waals surface area contributed by atoms with Crippen molar-refractivity contribution in [3.8, 4) is 0 Å². The van der Waals surface area contributed by atoms with E-state index in [-0.39, 0.29) is 17.9 Å². The Morgan fingerprint density at radius 2 is 2.12 bits per heavy atom. The number of nitrogen functional groups attached to an aromatic ring is 1. The van der Waals surface area contributed by atoms with E-state index in [2.05, 4.69) is 5.32 Å². The van der Waals surface area contributed by atoms with Crippen LogP contribution in [0.1, 0.15) is 24.3 Å². The van der Waals surface area contributed by atoms with E-state index in [0.717, 1.165) is 0 Å². The summed E-state index contributed by atoms with van der Waals surface area (Å²) in [6.45, 7) is 0. The first-order valence-electron chi connectivity index (χ1n) is 5.29. The average Bonchev–Trinajstić information content (AvgIpc) is 2.24. The fourth-order valence-electron chi connectivity index (χ4n) is 2.00. The van der Waals surface area contributed by atoms with E-state index in [1.807, 2.05) is 0 Å². The molecule has 1 fully saturated rings. The monoisotopic (exact) mass is 235 g/mol. The highest BCUT2D eigenvalue weighted by atomic mass is 16.2. The third kappa shape index (κ3) is 2.06. The Morgan fingerprint density at radius 1 is 1.41 bits per heavy atom. The Bertz CT molecular complexity index is 547. The fraction of sp³-hybridized carbons (Fsp3) is 0.364. The molecule has 17 heavy (non-hydrogen) atoms. The lowest BCUT2D eigenvalue weighted by Crippen LogP contribution is -2.41. The molecule has 1 aromatic heterocycles. The van der Waals surface area contributed by atoms with Gasteiger partial charge in [-0.15, -0.1) is 0 Å². The molecule has 2 rings (SSSR count). The molecule has 2 amide bonds. The second-order valence-corrected chi connectivity index (χ2v) is 4.15. The largest absolute Gasteiger partial charge is 0.398 e. The molecule has 1 atom stereocenters. The van der Waals surface area contributed by atoms with Gasteiger partial charge in [-0.2, -0.15) is 0 Å². The number of amides is 2. The number of hydrogen-bond donors (Lipinski definition) is 2. The van der Waals surface area contributed by atoms with Crippen LogP contribution in [0.4, 0.5) is 5.69 Å². The van der Waals surface area contributed by atoms with Crippen molar-refractivity contribution in [2.45, 2.75) is 18.8 Å². The predicted octanol–water partition coefficient (Wildman–Crippen LogP) is -0.512. The number of nitrogens with two attached hydrogens (primary N) is 1. The average molecular weight is 235 g/mol. The van der Waals surface area contributed by atoms with Gasteiger partial charge in [0.1, 0.15) is 0 Å². The summed E-state index contributed by atoms with van der Waals surface area (Å²) >= 11 is 0. The van der Waals surface area contributed by atoms with Crippen molar-refractivity contribution in [1.29, 1.82) is 0 Å². The van der Waals surface area contributed by atoms with Crippen molar-refractivity contribution < 1.29 is 9.59 Å². The highest BCUT2D eigenvalue weighted by molar-refractivity contribution is 6.00. The minimum Gasteiger partial charge on any atom is -0.398 e. The molecular weight excluding hydrogens is 222 g/mol. The summed E-state index contributed by atoms with van der Waals surface area (Å²) in [5, 5.41) is 2.23. The van der Waals surface area contributed by atoms with Crippen molar-refractivity contribution >= 4 is 17.5 Å². The zero-order chi connectivity index (χ0) is 12.6. The van der Waals surface area contributed by atoms with Crippen molar-refractivity contribution in [2.75, 3.05) is 5.73 Å². The fourth-order valence-corrected chi connectivity index (χ4v) is 2.00. The quantitative estimate of drug-likeness (QED) is 0.641. The number of carbonyl (C=O) groups is 2. The first-order valence-corrected chi connectivity index (χ1v) is 5.29. The summed E-state index contributed by atoms with van der Waals surface area (Å²) in [5.41, 5.74) is 6.16. The van der Waals surface area contributed by atoms with Crippen LogP contribution < -0.4 is 16.6 Å². The summed E-state index contributed by atoms with van der Waals surface area (Å²) < 4.78 is 1.34. The number of anilines is 1. The smallest absolute Gasteiger partial charge is 0.254 e. The Hall–Kier alpha value is -2.11. The molecule has 1 aliphatic heterocycles.